The van der Waals surface area contributed by atoms with Gasteiger partial charge in [0.05, 0.1) is 6.61 Å². The molecule has 0 aromatic heterocycles. The van der Waals surface area contributed by atoms with Crippen molar-refractivity contribution in [3.05, 3.63) is 22.2 Å². The highest BCUT2D eigenvalue weighted by molar-refractivity contribution is 9.10. The number of nitrogens with two attached hydrogens (primary N) is 1. The van der Waals surface area contributed by atoms with Crippen LogP contribution in [0.3, 0.4) is 0 Å². The number of hydrogen-bond acceptors (Lipinski definition) is 3. The van der Waals surface area contributed by atoms with Gasteiger partial charge in [-0.2, -0.15) is 0 Å². The maximum Gasteiger partial charge on any atom is 0.0664 e. The zero-order valence-corrected chi connectivity index (χ0v) is 12.3. The molecule has 0 bridgehead atoms. The molecule has 0 aliphatic rings. The molecule has 0 aliphatic heterocycles. The van der Waals surface area contributed by atoms with E-state index >= 15 is 0 Å². The molecule has 0 spiro atoms. The van der Waals surface area contributed by atoms with E-state index in [9.17, 15) is 0 Å². The molecule has 0 amide bonds. The summed E-state index contributed by atoms with van der Waals surface area (Å²) < 4.78 is 6.22. The minimum Gasteiger partial charge on any atom is -0.398 e. The number of rotatable bonds is 6. The van der Waals surface area contributed by atoms with Crippen LogP contribution < -0.4 is 11.1 Å². The summed E-state index contributed by atoms with van der Waals surface area (Å²) in [6.07, 6.45) is 2.22. The van der Waals surface area contributed by atoms with Gasteiger partial charge in [0.15, 0.2) is 0 Å². The Bertz CT molecular complexity index is 363. The Morgan fingerprint density at radius 3 is 2.76 bits per heavy atom. The number of methoxy groups -OCH3 is 1. The van der Waals surface area contributed by atoms with E-state index in [0.29, 0.717) is 12.6 Å². The standard InChI is InChI=1S/C13H21BrN2O/c1-4-5-10(8-17-3)16-13-6-9(2)12(15)7-11(13)14/h6-7,10,16H,4-5,8,15H2,1-3H3. The minimum absolute atomic E-state index is 0.337. The molecule has 4 heteroatoms. The first kappa shape index (κ1) is 14.3. The van der Waals surface area contributed by atoms with Crippen molar-refractivity contribution in [2.75, 3.05) is 24.8 Å². The van der Waals surface area contributed by atoms with Gasteiger partial charge >= 0.3 is 0 Å². The topological polar surface area (TPSA) is 47.3 Å². The van der Waals surface area contributed by atoms with Crippen molar-refractivity contribution in [2.24, 2.45) is 0 Å². The summed E-state index contributed by atoms with van der Waals surface area (Å²) in [6, 6.07) is 4.34. The third-order valence-corrected chi connectivity index (χ3v) is 3.38. The van der Waals surface area contributed by atoms with Gasteiger partial charge in [-0.15, -0.1) is 0 Å². The van der Waals surface area contributed by atoms with E-state index in [4.69, 9.17) is 10.5 Å². The first-order chi connectivity index (χ1) is 8.08. The molecule has 0 saturated carbocycles. The molecule has 1 aromatic carbocycles. The molecule has 1 atom stereocenters. The lowest BCUT2D eigenvalue weighted by molar-refractivity contribution is 0.182. The average Bonchev–Trinajstić information content (AvgIpc) is 2.26. The molecule has 0 aliphatic carbocycles. The molecule has 3 nitrogen and oxygen atoms in total. The first-order valence-corrected chi connectivity index (χ1v) is 6.68. The quantitative estimate of drug-likeness (QED) is 0.790. The van der Waals surface area contributed by atoms with Crippen LogP contribution in [0, 0.1) is 6.92 Å². The van der Waals surface area contributed by atoms with E-state index in [1.54, 1.807) is 7.11 Å². The summed E-state index contributed by atoms with van der Waals surface area (Å²) in [4.78, 5) is 0. The highest BCUT2D eigenvalue weighted by atomic mass is 79.9. The summed E-state index contributed by atoms with van der Waals surface area (Å²) in [5, 5.41) is 3.49. The number of anilines is 2. The Morgan fingerprint density at radius 2 is 2.18 bits per heavy atom. The number of ether oxygens (including phenoxy) is 1. The van der Waals surface area contributed by atoms with E-state index in [1.807, 2.05) is 13.0 Å². The fourth-order valence-electron chi connectivity index (χ4n) is 1.77. The van der Waals surface area contributed by atoms with Crippen LogP contribution in [0.5, 0.6) is 0 Å². The second kappa shape index (κ2) is 6.87. The Kier molecular flexibility index (Phi) is 5.78. The van der Waals surface area contributed by atoms with E-state index < -0.39 is 0 Å². The van der Waals surface area contributed by atoms with Crippen LogP contribution >= 0.6 is 15.9 Å². The van der Waals surface area contributed by atoms with Gasteiger partial charge in [-0.05, 0) is 47.0 Å². The molecule has 17 heavy (non-hydrogen) atoms. The van der Waals surface area contributed by atoms with Gasteiger partial charge in [0.2, 0.25) is 0 Å². The molecule has 0 heterocycles. The largest absolute Gasteiger partial charge is 0.398 e. The van der Waals surface area contributed by atoms with Crippen LogP contribution in [-0.4, -0.2) is 19.8 Å². The fourth-order valence-corrected chi connectivity index (χ4v) is 2.25. The van der Waals surface area contributed by atoms with Gasteiger partial charge in [0.1, 0.15) is 0 Å². The lowest BCUT2D eigenvalue weighted by Crippen LogP contribution is -2.24. The van der Waals surface area contributed by atoms with Crippen LogP contribution in [0.25, 0.3) is 0 Å². The van der Waals surface area contributed by atoms with Crippen LogP contribution in [0.1, 0.15) is 25.3 Å². The van der Waals surface area contributed by atoms with Gasteiger partial charge in [-0.3, -0.25) is 0 Å². The van der Waals surface area contributed by atoms with Crippen molar-refractivity contribution in [1.29, 1.82) is 0 Å². The van der Waals surface area contributed by atoms with Crippen molar-refractivity contribution in [3.8, 4) is 0 Å². The van der Waals surface area contributed by atoms with Crippen LogP contribution in [0.2, 0.25) is 0 Å². The Labute approximate surface area is 112 Å². The normalized spacial score (nSPS) is 12.5. The van der Waals surface area contributed by atoms with Crippen molar-refractivity contribution < 1.29 is 4.74 Å². The van der Waals surface area contributed by atoms with Crippen molar-refractivity contribution in [1.82, 2.24) is 0 Å². The monoisotopic (exact) mass is 300 g/mol. The number of halogens is 1. The molecule has 1 rings (SSSR count). The van der Waals surface area contributed by atoms with E-state index in [-0.39, 0.29) is 0 Å². The minimum atomic E-state index is 0.337. The van der Waals surface area contributed by atoms with E-state index in [2.05, 4.69) is 34.2 Å². The molecule has 3 N–H and O–H groups in total. The Morgan fingerprint density at radius 1 is 1.47 bits per heavy atom. The molecule has 0 saturated heterocycles. The maximum atomic E-state index is 5.86. The zero-order chi connectivity index (χ0) is 12.8. The lowest BCUT2D eigenvalue weighted by atomic mass is 10.1. The van der Waals surface area contributed by atoms with Gasteiger partial charge < -0.3 is 15.8 Å². The summed E-state index contributed by atoms with van der Waals surface area (Å²) in [7, 11) is 1.73. The zero-order valence-electron chi connectivity index (χ0n) is 10.7. The first-order valence-electron chi connectivity index (χ1n) is 5.89. The molecule has 1 aromatic rings. The van der Waals surface area contributed by atoms with Gasteiger partial charge in [0.25, 0.3) is 0 Å². The number of benzene rings is 1. The van der Waals surface area contributed by atoms with Gasteiger partial charge in [-0.1, -0.05) is 13.3 Å². The number of nitrogens with one attached hydrogen (secondary N) is 1. The second-order valence-corrected chi connectivity index (χ2v) is 5.13. The second-order valence-electron chi connectivity index (χ2n) is 4.27. The summed E-state index contributed by atoms with van der Waals surface area (Å²) in [6.45, 7) is 4.90. The molecule has 0 radical (unpaired) electrons. The summed E-state index contributed by atoms with van der Waals surface area (Å²) in [5.74, 6) is 0. The highest BCUT2D eigenvalue weighted by Gasteiger charge is 2.10. The maximum absolute atomic E-state index is 5.86. The third-order valence-electron chi connectivity index (χ3n) is 2.72. The predicted molar refractivity (Wildman–Crippen MR) is 77.5 cm³/mol. The van der Waals surface area contributed by atoms with Crippen molar-refractivity contribution in [3.63, 3.8) is 0 Å². The highest BCUT2D eigenvalue weighted by Crippen LogP contribution is 2.28. The van der Waals surface area contributed by atoms with Crippen LogP contribution in [0.15, 0.2) is 16.6 Å². The van der Waals surface area contributed by atoms with Crippen LogP contribution in [-0.2, 0) is 4.74 Å². The molecule has 96 valence electrons. The molecule has 0 fully saturated rings. The van der Waals surface area contributed by atoms with Crippen LogP contribution in [0.4, 0.5) is 11.4 Å². The third kappa shape index (κ3) is 4.21. The average molecular weight is 301 g/mol. The Balaban J connectivity index is 2.81. The van der Waals surface area contributed by atoms with Crippen molar-refractivity contribution in [2.45, 2.75) is 32.7 Å². The number of aryl methyl sites for hydroxylation is 1. The van der Waals surface area contributed by atoms with Gasteiger partial charge in [-0.25, -0.2) is 0 Å². The number of hydrogen-bond donors (Lipinski definition) is 2. The SMILES string of the molecule is CCCC(COC)Nc1cc(C)c(N)cc1Br. The molecule has 1 unspecified atom stereocenters. The lowest BCUT2D eigenvalue weighted by Gasteiger charge is -2.20. The summed E-state index contributed by atoms with van der Waals surface area (Å²) in [5.41, 5.74) is 8.82. The molecular weight excluding hydrogens is 280 g/mol. The van der Waals surface area contributed by atoms with E-state index in [1.165, 1.54) is 0 Å². The predicted octanol–water partition coefficient (Wildman–Crippen LogP) is 3.57. The smallest absolute Gasteiger partial charge is 0.0664 e. The number of nitrogen functional groups attached to an aromatic ring is 1. The summed E-state index contributed by atoms with van der Waals surface area (Å²) >= 11 is 3.53. The van der Waals surface area contributed by atoms with Crippen molar-refractivity contribution >= 4 is 27.3 Å². The van der Waals surface area contributed by atoms with E-state index in [0.717, 1.165) is 34.3 Å². The van der Waals surface area contributed by atoms with Gasteiger partial charge in [0, 0.05) is 29.0 Å². The molecular formula is C13H21BrN2O. The Hall–Kier alpha value is -0.740. The fraction of sp³-hybridized carbons (Fsp3) is 0.538.